The predicted molar refractivity (Wildman–Crippen MR) is 137 cm³/mol. The van der Waals surface area contributed by atoms with Crippen LogP contribution < -0.4 is 4.74 Å². The maximum Gasteiger partial charge on any atom is 0.272 e. The molecule has 4 rings (SSSR count). The summed E-state index contributed by atoms with van der Waals surface area (Å²) in [6, 6.07) is 9.66. The second-order valence-electron chi connectivity index (χ2n) is 9.54. The zero-order valence-electron chi connectivity index (χ0n) is 20.8. The summed E-state index contributed by atoms with van der Waals surface area (Å²) >= 11 is 3.50. The van der Waals surface area contributed by atoms with Gasteiger partial charge in [-0.3, -0.25) is 14.3 Å². The molecule has 190 valence electrons. The van der Waals surface area contributed by atoms with E-state index < -0.39 is 0 Å². The molecule has 1 aromatic heterocycles. The van der Waals surface area contributed by atoms with Crippen molar-refractivity contribution in [2.75, 3.05) is 39.4 Å². The number of hydrogen-bond acceptors (Lipinski definition) is 5. The first kappa shape index (κ1) is 25.7. The van der Waals surface area contributed by atoms with Crippen molar-refractivity contribution in [1.82, 2.24) is 19.6 Å². The molecule has 9 heteroatoms. The van der Waals surface area contributed by atoms with Crippen LogP contribution in [0.3, 0.4) is 0 Å². The molecule has 2 aliphatic heterocycles. The fourth-order valence-corrected chi connectivity index (χ4v) is 5.10. The summed E-state index contributed by atoms with van der Waals surface area (Å²) in [5.41, 5.74) is 1.53. The van der Waals surface area contributed by atoms with Gasteiger partial charge in [0, 0.05) is 56.0 Å². The Labute approximate surface area is 215 Å². The number of ether oxygens (including phenoxy) is 2. The summed E-state index contributed by atoms with van der Waals surface area (Å²) in [6.07, 6.45) is 0.851. The predicted octanol–water partition coefficient (Wildman–Crippen LogP) is 3.95. The lowest BCUT2D eigenvalue weighted by molar-refractivity contribution is -0.137. The molecule has 2 aromatic rings. The maximum absolute atomic E-state index is 13.6. The summed E-state index contributed by atoms with van der Waals surface area (Å²) in [5, 5.41) is 4.62. The Balaban J connectivity index is 1.52. The number of likely N-dealkylation sites (tertiary alicyclic amines) is 1. The zero-order chi connectivity index (χ0) is 24.9. The van der Waals surface area contributed by atoms with Gasteiger partial charge in [-0.05, 0) is 37.1 Å². The molecule has 8 nitrogen and oxygen atoms in total. The quantitative estimate of drug-likeness (QED) is 0.525. The molecule has 0 bridgehead atoms. The Morgan fingerprint density at radius 2 is 1.94 bits per heavy atom. The number of benzene rings is 1. The van der Waals surface area contributed by atoms with Crippen LogP contribution in [-0.2, 0) is 16.1 Å². The summed E-state index contributed by atoms with van der Waals surface area (Å²) < 4.78 is 14.5. The minimum atomic E-state index is -0.152. The number of carbonyl (C=O) groups is 2. The van der Waals surface area contributed by atoms with Crippen molar-refractivity contribution in [2.45, 2.75) is 52.2 Å². The molecule has 2 atom stereocenters. The molecule has 3 heterocycles. The highest BCUT2D eigenvalue weighted by atomic mass is 79.9. The van der Waals surface area contributed by atoms with E-state index in [2.05, 4.69) is 34.9 Å². The molecule has 2 saturated heterocycles. The third-order valence-corrected chi connectivity index (χ3v) is 7.24. The van der Waals surface area contributed by atoms with Crippen LogP contribution in [0.4, 0.5) is 0 Å². The molecule has 0 unspecified atom stereocenters. The Hall–Kier alpha value is -2.39. The minimum absolute atomic E-state index is 0.0315. The lowest BCUT2D eigenvalue weighted by Gasteiger charge is -2.39. The van der Waals surface area contributed by atoms with E-state index in [1.807, 2.05) is 47.1 Å². The van der Waals surface area contributed by atoms with Crippen molar-refractivity contribution >= 4 is 27.7 Å². The fraction of sp³-hybridized carbons (Fsp3) is 0.577. The van der Waals surface area contributed by atoms with Gasteiger partial charge in [-0.15, -0.1) is 0 Å². The Morgan fingerprint density at radius 1 is 1.17 bits per heavy atom. The standard InChI is InChI=1S/C26H35BrN4O4/c1-4-31-23(16-22(28-31)18(2)3)26(33)30-9-8-24(35-21-7-5-6-20(27)15-21)19(17-30)14-25(32)29-10-12-34-13-11-29/h5-7,15-16,18-19,24H,4,8-14,17H2,1-3H3/t19-,24-/m0/s1. The van der Waals surface area contributed by atoms with E-state index in [1.165, 1.54) is 0 Å². The van der Waals surface area contributed by atoms with Gasteiger partial charge in [0.2, 0.25) is 5.91 Å². The van der Waals surface area contributed by atoms with Crippen molar-refractivity contribution in [1.29, 1.82) is 0 Å². The Bertz CT molecular complexity index is 1030. The van der Waals surface area contributed by atoms with Crippen molar-refractivity contribution in [3.8, 4) is 5.75 Å². The number of rotatable bonds is 7. The van der Waals surface area contributed by atoms with Crippen LogP contribution in [0.25, 0.3) is 0 Å². The number of hydrogen-bond donors (Lipinski definition) is 0. The van der Waals surface area contributed by atoms with Gasteiger partial charge < -0.3 is 19.3 Å². The average molecular weight is 547 g/mol. The van der Waals surface area contributed by atoms with Crippen LogP contribution in [0.1, 0.15) is 55.7 Å². The minimum Gasteiger partial charge on any atom is -0.490 e. The smallest absolute Gasteiger partial charge is 0.272 e. The number of aromatic nitrogens is 2. The van der Waals surface area contributed by atoms with Crippen molar-refractivity contribution < 1.29 is 19.1 Å². The molecule has 0 N–H and O–H groups in total. The average Bonchev–Trinajstić information content (AvgIpc) is 3.30. The molecule has 2 amide bonds. The number of nitrogens with zero attached hydrogens (tertiary/aromatic N) is 4. The molecule has 2 aliphatic rings. The summed E-state index contributed by atoms with van der Waals surface area (Å²) in [5.74, 6) is 0.966. The van der Waals surface area contributed by atoms with Crippen LogP contribution in [-0.4, -0.2) is 76.9 Å². The van der Waals surface area contributed by atoms with Gasteiger partial charge in [-0.1, -0.05) is 35.8 Å². The summed E-state index contributed by atoms with van der Waals surface area (Å²) in [7, 11) is 0. The molecule has 0 spiro atoms. The topological polar surface area (TPSA) is 76.9 Å². The van der Waals surface area contributed by atoms with E-state index in [9.17, 15) is 9.59 Å². The summed E-state index contributed by atoms with van der Waals surface area (Å²) in [6.45, 7) is 10.2. The van der Waals surface area contributed by atoms with Gasteiger partial charge in [-0.2, -0.15) is 5.10 Å². The highest BCUT2D eigenvalue weighted by Gasteiger charge is 2.36. The fourth-order valence-electron chi connectivity index (χ4n) is 4.72. The van der Waals surface area contributed by atoms with E-state index in [1.54, 1.807) is 4.68 Å². The van der Waals surface area contributed by atoms with E-state index >= 15 is 0 Å². The van der Waals surface area contributed by atoms with Gasteiger partial charge in [0.1, 0.15) is 17.5 Å². The van der Waals surface area contributed by atoms with E-state index in [-0.39, 0.29) is 29.8 Å². The highest BCUT2D eigenvalue weighted by Crippen LogP contribution is 2.29. The molecular formula is C26H35BrN4O4. The molecule has 0 aliphatic carbocycles. The third-order valence-electron chi connectivity index (χ3n) is 6.74. The van der Waals surface area contributed by atoms with Crippen molar-refractivity contribution in [3.63, 3.8) is 0 Å². The van der Waals surface area contributed by atoms with E-state index in [0.29, 0.717) is 64.5 Å². The monoisotopic (exact) mass is 546 g/mol. The lowest BCUT2D eigenvalue weighted by Crippen LogP contribution is -2.50. The van der Waals surface area contributed by atoms with Crippen LogP contribution in [0.15, 0.2) is 34.8 Å². The molecule has 0 radical (unpaired) electrons. The lowest BCUT2D eigenvalue weighted by atomic mass is 9.90. The third kappa shape index (κ3) is 6.25. The Kier molecular flexibility index (Phi) is 8.49. The van der Waals surface area contributed by atoms with E-state index in [4.69, 9.17) is 9.47 Å². The molecule has 2 fully saturated rings. The zero-order valence-corrected chi connectivity index (χ0v) is 22.4. The Morgan fingerprint density at radius 3 is 2.63 bits per heavy atom. The largest absolute Gasteiger partial charge is 0.490 e. The summed E-state index contributed by atoms with van der Waals surface area (Å²) in [4.78, 5) is 30.4. The molecule has 0 saturated carbocycles. The number of carbonyl (C=O) groups excluding carboxylic acids is 2. The van der Waals surface area contributed by atoms with Crippen LogP contribution in [0.5, 0.6) is 5.75 Å². The van der Waals surface area contributed by atoms with Gasteiger partial charge in [0.15, 0.2) is 0 Å². The maximum atomic E-state index is 13.6. The van der Waals surface area contributed by atoms with Crippen molar-refractivity contribution in [2.24, 2.45) is 5.92 Å². The van der Waals surface area contributed by atoms with Gasteiger partial charge in [0.25, 0.3) is 5.91 Å². The van der Waals surface area contributed by atoms with Crippen LogP contribution >= 0.6 is 15.9 Å². The first-order valence-electron chi connectivity index (χ1n) is 12.5. The number of amides is 2. The molecule has 1 aromatic carbocycles. The number of piperidine rings is 1. The van der Waals surface area contributed by atoms with Gasteiger partial charge in [-0.25, -0.2) is 0 Å². The normalized spacial score (nSPS) is 20.8. The van der Waals surface area contributed by atoms with E-state index in [0.717, 1.165) is 15.9 Å². The first-order valence-corrected chi connectivity index (χ1v) is 13.3. The SMILES string of the molecule is CCn1nc(C(C)C)cc1C(=O)N1CC[C@H](Oc2cccc(Br)c2)[C@@H](CC(=O)N2CCOCC2)C1. The highest BCUT2D eigenvalue weighted by molar-refractivity contribution is 9.10. The number of morpholine rings is 1. The number of halogens is 1. The van der Waals surface area contributed by atoms with Crippen LogP contribution in [0, 0.1) is 5.92 Å². The number of aryl methyl sites for hydroxylation is 1. The van der Waals surface area contributed by atoms with Gasteiger partial charge in [0.05, 0.1) is 18.9 Å². The second-order valence-corrected chi connectivity index (χ2v) is 10.5. The molecular weight excluding hydrogens is 512 g/mol. The molecule has 35 heavy (non-hydrogen) atoms. The van der Waals surface area contributed by atoms with Crippen molar-refractivity contribution in [3.05, 3.63) is 46.2 Å². The first-order chi connectivity index (χ1) is 16.9. The van der Waals surface area contributed by atoms with Gasteiger partial charge >= 0.3 is 0 Å². The van der Waals surface area contributed by atoms with Crippen LogP contribution in [0.2, 0.25) is 0 Å². The second kappa shape index (κ2) is 11.6.